The number of para-hydroxylation sites is 2. The maximum atomic E-state index is 5.86. The topological polar surface area (TPSA) is 42.5 Å². The molecule has 0 heterocycles. The molecule has 0 saturated heterocycles. The van der Waals surface area contributed by atoms with Crippen LogP contribution in [0.4, 0.5) is 22.7 Å². The van der Waals surface area contributed by atoms with Gasteiger partial charge in [-0.3, -0.25) is 0 Å². The third-order valence-electron chi connectivity index (χ3n) is 5.16. The van der Waals surface area contributed by atoms with Gasteiger partial charge in [-0.25, -0.2) is 0 Å². The summed E-state index contributed by atoms with van der Waals surface area (Å²) in [6, 6.07) is 36.5. The number of anilines is 4. The van der Waals surface area contributed by atoms with Crippen LogP contribution < -0.4 is 20.1 Å². The van der Waals surface area contributed by atoms with Gasteiger partial charge >= 0.3 is 0 Å². The van der Waals surface area contributed by atoms with Gasteiger partial charge < -0.3 is 20.1 Å². The molecule has 0 aromatic heterocycles. The quantitative estimate of drug-likeness (QED) is 0.221. The van der Waals surface area contributed by atoms with Crippen molar-refractivity contribution in [2.75, 3.05) is 23.8 Å². The van der Waals surface area contributed by atoms with Crippen molar-refractivity contribution < 1.29 is 9.47 Å². The lowest BCUT2D eigenvalue weighted by Crippen LogP contribution is -2.01. The van der Waals surface area contributed by atoms with Crippen LogP contribution >= 0.6 is 0 Å². The van der Waals surface area contributed by atoms with Crippen LogP contribution in [0.2, 0.25) is 0 Å². The smallest absolute Gasteiger partial charge is 0.119 e. The summed E-state index contributed by atoms with van der Waals surface area (Å²) < 4.78 is 11.7. The Morgan fingerprint density at radius 3 is 1.15 bits per heavy atom. The van der Waals surface area contributed by atoms with Gasteiger partial charge in [-0.1, -0.05) is 36.4 Å². The molecular weight excluding hydrogens is 408 g/mol. The van der Waals surface area contributed by atoms with Crippen LogP contribution in [0.1, 0.15) is 19.3 Å². The Morgan fingerprint density at radius 2 is 0.758 bits per heavy atom. The first-order valence-electron chi connectivity index (χ1n) is 11.4. The number of ether oxygens (including phenoxy) is 2. The van der Waals surface area contributed by atoms with Gasteiger partial charge in [0.15, 0.2) is 0 Å². The average molecular weight is 439 g/mol. The van der Waals surface area contributed by atoms with E-state index in [1.807, 2.05) is 109 Å². The van der Waals surface area contributed by atoms with E-state index < -0.39 is 0 Å². The van der Waals surface area contributed by atoms with Gasteiger partial charge in [0.25, 0.3) is 0 Å². The van der Waals surface area contributed by atoms with Gasteiger partial charge in [0, 0.05) is 22.7 Å². The molecule has 33 heavy (non-hydrogen) atoms. The standard InChI is InChI=1S/C29H30N2O2/c1-4-10-24(11-5-1)30-26-14-18-28(19-15-26)32-22-8-3-9-23-33-29-20-16-27(17-21-29)31-25-12-6-2-7-13-25/h1-2,4-7,10-21,30-31H,3,8-9,22-23H2. The Kier molecular flexibility index (Phi) is 8.24. The van der Waals surface area contributed by atoms with Gasteiger partial charge in [-0.05, 0) is 92.1 Å². The van der Waals surface area contributed by atoms with Gasteiger partial charge in [-0.2, -0.15) is 0 Å². The lowest BCUT2D eigenvalue weighted by atomic mass is 10.2. The first kappa shape index (κ1) is 22.3. The predicted octanol–water partition coefficient (Wildman–Crippen LogP) is 7.80. The van der Waals surface area contributed by atoms with Crippen molar-refractivity contribution in [2.45, 2.75) is 19.3 Å². The Hall–Kier alpha value is -3.92. The van der Waals surface area contributed by atoms with Gasteiger partial charge in [-0.15, -0.1) is 0 Å². The molecule has 168 valence electrons. The summed E-state index contributed by atoms with van der Waals surface area (Å²) in [6.45, 7) is 1.43. The molecule has 0 unspecified atom stereocenters. The van der Waals surface area contributed by atoms with Gasteiger partial charge in [0.2, 0.25) is 0 Å². The highest BCUT2D eigenvalue weighted by Gasteiger charge is 1.99. The third kappa shape index (κ3) is 7.62. The summed E-state index contributed by atoms with van der Waals surface area (Å²) >= 11 is 0. The Bertz CT molecular complexity index is 977. The summed E-state index contributed by atoms with van der Waals surface area (Å²) in [5.74, 6) is 1.79. The highest BCUT2D eigenvalue weighted by Crippen LogP contribution is 2.21. The zero-order chi connectivity index (χ0) is 22.6. The minimum absolute atomic E-state index is 0.714. The molecular formula is C29H30N2O2. The van der Waals surface area contributed by atoms with Crippen molar-refractivity contribution in [3.8, 4) is 11.5 Å². The van der Waals surface area contributed by atoms with Crippen molar-refractivity contribution >= 4 is 22.7 Å². The number of unbranched alkanes of at least 4 members (excludes halogenated alkanes) is 2. The maximum absolute atomic E-state index is 5.86. The second-order valence-electron chi connectivity index (χ2n) is 7.79. The Morgan fingerprint density at radius 1 is 0.394 bits per heavy atom. The molecule has 4 nitrogen and oxygen atoms in total. The summed E-state index contributed by atoms with van der Waals surface area (Å²) in [5, 5.41) is 6.75. The van der Waals surface area contributed by atoms with E-state index in [1.165, 1.54) is 0 Å². The first-order chi connectivity index (χ1) is 16.3. The van der Waals surface area contributed by atoms with E-state index in [1.54, 1.807) is 0 Å². The minimum atomic E-state index is 0.714. The van der Waals surface area contributed by atoms with E-state index >= 15 is 0 Å². The number of nitrogens with one attached hydrogen (secondary N) is 2. The molecule has 0 saturated carbocycles. The summed E-state index contributed by atoms with van der Waals surface area (Å²) in [6.07, 6.45) is 3.09. The largest absolute Gasteiger partial charge is 0.494 e. The fraction of sp³-hybridized carbons (Fsp3) is 0.172. The van der Waals surface area contributed by atoms with Crippen LogP contribution in [0.5, 0.6) is 11.5 Å². The monoisotopic (exact) mass is 438 g/mol. The van der Waals surface area contributed by atoms with Gasteiger partial charge in [0.05, 0.1) is 13.2 Å². The predicted molar refractivity (Wildman–Crippen MR) is 137 cm³/mol. The van der Waals surface area contributed by atoms with E-state index in [0.29, 0.717) is 13.2 Å². The summed E-state index contributed by atoms with van der Waals surface area (Å²) in [5.41, 5.74) is 4.26. The molecule has 0 fully saturated rings. The average Bonchev–Trinajstić information content (AvgIpc) is 2.87. The van der Waals surface area contributed by atoms with E-state index in [0.717, 1.165) is 53.5 Å². The molecule has 0 radical (unpaired) electrons. The lowest BCUT2D eigenvalue weighted by molar-refractivity contribution is 0.279. The molecule has 0 amide bonds. The SMILES string of the molecule is c1ccc(Nc2ccc(OCCCCCOc3ccc(Nc4ccccc4)cc3)cc2)cc1. The van der Waals surface area contributed by atoms with Crippen molar-refractivity contribution in [1.29, 1.82) is 0 Å². The molecule has 4 rings (SSSR count). The van der Waals surface area contributed by atoms with Crippen LogP contribution in [-0.4, -0.2) is 13.2 Å². The second kappa shape index (κ2) is 12.2. The zero-order valence-electron chi connectivity index (χ0n) is 18.7. The number of hydrogen-bond donors (Lipinski definition) is 2. The Labute approximate surface area is 196 Å². The fourth-order valence-electron chi connectivity index (χ4n) is 3.41. The normalized spacial score (nSPS) is 10.4. The van der Waals surface area contributed by atoms with E-state index in [4.69, 9.17) is 9.47 Å². The molecule has 0 atom stereocenters. The number of rotatable bonds is 12. The van der Waals surface area contributed by atoms with Crippen LogP contribution in [0.3, 0.4) is 0 Å². The second-order valence-corrected chi connectivity index (χ2v) is 7.79. The molecule has 2 N–H and O–H groups in total. The highest BCUT2D eigenvalue weighted by molar-refractivity contribution is 5.60. The molecule has 0 spiro atoms. The van der Waals surface area contributed by atoms with Crippen LogP contribution in [-0.2, 0) is 0 Å². The van der Waals surface area contributed by atoms with E-state index in [9.17, 15) is 0 Å². The first-order valence-corrected chi connectivity index (χ1v) is 11.4. The summed E-state index contributed by atoms with van der Waals surface area (Å²) in [7, 11) is 0. The molecule has 4 aromatic rings. The van der Waals surface area contributed by atoms with E-state index in [2.05, 4.69) is 10.6 Å². The van der Waals surface area contributed by atoms with Crippen molar-refractivity contribution in [2.24, 2.45) is 0 Å². The maximum Gasteiger partial charge on any atom is 0.119 e. The lowest BCUT2D eigenvalue weighted by Gasteiger charge is -2.10. The van der Waals surface area contributed by atoms with Gasteiger partial charge in [0.1, 0.15) is 11.5 Å². The van der Waals surface area contributed by atoms with Crippen LogP contribution in [0.15, 0.2) is 109 Å². The fourth-order valence-corrected chi connectivity index (χ4v) is 3.41. The highest BCUT2D eigenvalue weighted by atomic mass is 16.5. The number of hydrogen-bond acceptors (Lipinski definition) is 4. The van der Waals surface area contributed by atoms with E-state index in [-0.39, 0.29) is 0 Å². The Balaban J connectivity index is 1.08. The van der Waals surface area contributed by atoms with Crippen LogP contribution in [0, 0.1) is 0 Å². The third-order valence-corrected chi connectivity index (χ3v) is 5.16. The number of benzene rings is 4. The molecule has 0 aliphatic carbocycles. The molecule has 4 aromatic carbocycles. The van der Waals surface area contributed by atoms with Crippen LogP contribution in [0.25, 0.3) is 0 Å². The zero-order valence-corrected chi connectivity index (χ0v) is 18.7. The van der Waals surface area contributed by atoms with Crippen molar-refractivity contribution in [1.82, 2.24) is 0 Å². The molecule has 0 aliphatic heterocycles. The van der Waals surface area contributed by atoms with Crippen molar-refractivity contribution in [3.05, 3.63) is 109 Å². The molecule has 4 heteroatoms. The minimum Gasteiger partial charge on any atom is -0.494 e. The summed E-state index contributed by atoms with van der Waals surface area (Å²) in [4.78, 5) is 0. The molecule has 0 aliphatic rings. The molecule has 0 bridgehead atoms. The van der Waals surface area contributed by atoms with Crippen molar-refractivity contribution in [3.63, 3.8) is 0 Å².